The molecule has 0 atom stereocenters. The van der Waals surface area contributed by atoms with E-state index < -0.39 is 0 Å². The van der Waals surface area contributed by atoms with E-state index in [2.05, 4.69) is 10.4 Å². The second-order valence-electron chi connectivity index (χ2n) is 3.90. The largest absolute Gasteiger partial charge is 0.336 e. The Morgan fingerprint density at radius 3 is 3.00 bits per heavy atom. The summed E-state index contributed by atoms with van der Waals surface area (Å²) in [6.45, 7) is 2.75. The van der Waals surface area contributed by atoms with Crippen LogP contribution in [0.1, 0.15) is 30.1 Å². The van der Waals surface area contributed by atoms with Gasteiger partial charge < -0.3 is 10.3 Å². The van der Waals surface area contributed by atoms with E-state index in [-0.39, 0.29) is 5.91 Å². The normalized spacial score (nSPS) is 14.6. The maximum Gasteiger partial charge on any atom is 0.254 e. The van der Waals surface area contributed by atoms with Crippen molar-refractivity contribution < 1.29 is 4.79 Å². The van der Waals surface area contributed by atoms with Crippen LogP contribution in [0.4, 0.5) is 5.82 Å². The number of anilines is 1. The molecule has 0 saturated heterocycles. The fourth-order valence-electron chi connectivity index (χ4n) is 1.76. The lowest BCUT2D eigenvalue weighted by molar-refractivity contribution is 0.0752. The summed E-state index contributed by atoms with van der Waals surface area (Å²) < 4.78 is 0. The third-order valence-corrected chi connectivity index (χ3v) is 2.74. The van der Waals surface area contributed by atoms with Crippen molar-refractivity contribution in [2.45, 2.75) is 25.8 Å². The van der Waals surface area contributed by atoms with E-state index in [1.807, 2.05) is 11.8 Å². The van der Waals surface area contributed by atoms with Gasteiger partial charge in [0.15, 0.2) is 0 Å². The second kappa shape index (κ2) is 4.49. The summed E-state index contributed by atoms with van der Waals surface area (Å²) in [4.78, 5) is 18.0. The second-order valence-corrected chi connectivity index (χ2v) is 3.90. The van der Waals surface area contributed by atoms with E-state index in [4.69, 9.17) is 5.84 Å². The maximum absolute atomic E-state index is 12.2. The van der Waals surface area contributed by atoms with Gasteiger partial charge in [-0.25, -0.2) is 10.8 Å². The summed E-state index contributed by atoms with van der Waals surface area (Å²) in [7, 11) is 0. The first kappa shape index (κ1) is 10.9. The standard InChI is InChI=1S/C11H16N4O/c1-2-15(9-3-4-9)11(16)8-5-6-13-10(7-8)14-12/h5-7,9H,2-4,12H2,1H3,(H,13,14). The van der Waals surface area contributed by atoms with Gasteiger partial charge in [-0.05, 0) is 31.9 Å². The minimum atomic E-state index is 0.0592. The highest BCUT2D eigenvalue weighted by Crippen LogP contribution is 2.28. The fraction of sp³-hybridized carbons (Fsp3) is 0.455. The topological polar surface area (TPSA) is 71.2 Å². The molecule has 0 spiro atoms. The van der Waals surface area contributed by atoms with Crippen LogP contribution in [0.5, 0.6) is 0 Å². The van der Waals surface area contributed by atoms with Gasteiger partial charge in [-0.15, -0.1) is 0 Å². The minimum Gasteiger partial charge on any atom is -0.336 e. The van der Waals surface area contributed by atoms with E-state index in [9.17, 15) is 4.79 Å². The van der Waals surface area contributed by atoms with Crippen LogP contribution in [-0.2, 0) is 0 Å². The molecular weight excluding hydrogens is 204 g/mol. The summed E-state index contributed by atoms with van der Waals surface area (Å²) in [5.41, 5.74) is 3.08. The molecule has 0 aromatic carbocycles. The van der Waals surface area contributed by atoms with E-state index in [0.717, 1.165) is 19.4 Å². The van der Waals surface area contributed by atoms with Crippen LogP contribution in [0.3, 0.4) is 0 Å². The van der Waals surface area contributed by atoms with Gasteiger partial charge in [-0.2, -0.15) is 0 Å². The first-order valence-electron chi connectivity index (χ1n) is 5.50. The number of amides is 1. The molecule has 1 aliphatic carbocycles. The number of hydrogen-bond acceptors (Lipinski definition) is 4. The van der Waals surface area contributed by atoms with Crippen molar-refractivity contribution in [3.05, 3.63) is 23.9 Å². The highest BCUT2D eigenvalue weighted by molar-refractivity contribution is 5.95. The van der Waals surface area contributed by atoms with Gasteiger partial charge >= 0.3 is 0 Å². The van der Waals surface area contributed by atoms with E-state index in [1.165, 1.54) is 0 Å². The third-order valence-electron chi connectivity index (χ3n) is 2.74. The number of hydrogen-bond donors (Lipinski definition) is 2. The quantitative estimate of drug-likeness (QED) is 0.586. The molecule has 1 heterocycles. The molecule has 1 aromatic heterocycles. The smallest absolute Gasteiger partial charge is 0.254 e. The number of nitrogen functional groups attached to an aromatic ring is 1. The zero-order valence-corrected chi connectivity index (χ0v) is 9.31. The van der Waals surface area contributed by atoms with Gasteiger partial charge in [0, 0.05) is 24.3 Å². The molecule has 86 valence electrons. The molecule has 1 amide bonds. The summed E-state index contributed by atoms with van der Waals surface area (Å²) in [6.07, 6.45) is 3.82. The monoisotopic (exact) mass is 220 g/mol. The Morgan fingerprint density at radius 1 is 1.69 bits per heavy atom. The maximum atomic E-state index is 12.2. The van der Waals surface area contributed by atoms with Gasteiger partial charge in [0.25, 0.3) is 5.91 Å². The van der Waals surface area contributed by atoms with Crippen LogP contribution >= 0.6 is 0 Å². The lowest BCUT2D eigenvalue weighted by Crippen LogP contribution is -2.32. The highest BCUT2D eigenvalue weighted by atomic mass is 16.2. The Morgan fingerprint density at radius 2 is 2.44 bits per heavy atom. The number of nitrogens with zero attached hydrogens (tertiary/aromatic N) is 2. The lowest BCUT2D eigenvalue weighted by Gasteiger charge is -2.20. The van der Waals surface area contributed by atoms with Crippen LogP contribution in [0.15, 0.2) is 18.3 Å². The Kier molecular flexibility index (Phi) is 3.05. The first-order chi connectivity index (χ1) is 7.76. The molecule has 0 aliphatic heterocycles. The molecule has 0 radical (unpaired) electrons. The molecule has 0 bridgehead atoms. The summed E-state index contributed by atoms with van der Waals surface area (Å²) in [5, 5.41) is 0. The molecule has 5 heteroatoms. The van der Waals surface area contributed by atoms with Crippen LogP contribution in [0.2, 0.25) is 0 Å². The van der Waals surface area contributed by atoms with Crippen LogP contribution < -0.4 is 11.3 Å². The van der Waals surface area contributed by atoms with Crippen molar-refractivity contribution in [1.82, 2.24) is 9.88 Å². The van der Waals surface area contributed by atoms with Crippen LogP contribution in [0.25, 0.3) is 0 Å². The van der Waals surface area contributed by atoms with Crippen molar-refractivity contribution in [3.63, 3.8) is 0 Å². The van der Waals surface area contributed by atoms with Crippen molar-refractivity contribution >= 4 is 11.7 Å². The molecule has 0 unspecified atom stereocenters. The molecule has 16 heavy (non-hydrogen) atoms. The number of hydrazine groups is 1. The highest BCUT2D eigenvalue weighted by Gasteiger charge is 2.31. The molecule has 1 saturated carbocycles. The predicted molar refractivity (Wildman–Crippen MR) is 61.8 cm³/mol. The van der Waals surface area contributed by atoms with Gasteiger partial charge in [0.05, 0.1) is 0 Å². The van der Waals surface area contributed by atoms with Gasteiger partial charge in [0.2, 0.25) is 0 Å². The van der Waals surface area contributed by atoms with E-state index in [1.54, 1.807) is 18.3 Å². The first-order valence-corrected chi connectivity index (χ1v) is 5.50. The SMILES string of the molecule is CCN(C(=O)c1ccnc(NN)c1)C1CC1. The molecule has 1 aromatic rings. The van der Waals surface area contributed by atoms with Crippen molar-refractivity contribution in [2.24, 2.45) is 5.84 Å². The number of nitrogens with two attached hydrogens (primary N) is 1. The third kappa shape index (κ3) is 2.14. The summed E-state index contributed by atoms with van der Waals surface area (Å²) in [6, 6.07) is 3.82. The lowest BCUT2D eigenvalue weighted by atomic mass is 10.2. The predicted octanol–water partition coefficient (Wildman–Crippen LogP) is 0.992. The zero-order chi connectivity index (χ0) is 11.5. The molecule has 2 rings (SSSR count). The zero-order valence-electron chi connectivity index (χ0n) is 9.31. The van der Waals surface area contributed by atoms with Gasteiger partial charge in [-0.1, -0.05) is 0 Å². The van der Waals surface area contributed by atoms with Crippen molar-refractivity contribution in [1.29, 1.82) is 0 Å². The Hall–Kier alpha value is -1.62. The molecular formula is C11H16N4O. The van der Waals surface area contributed by atoms with Gasteiger partial charge in [-0.3, -0.25) is 4.79 Å². The average Bonchev–Trinajstić information content (AvgIpc) is 3.14. The number of aromatic nitrogens is 1. The molecule has 5 nitrogen and oxygen atoms in total. The average molecular weight is 220 g/mol. The molecule has 3 N–H and O–H groups in total. The number of nitrogens with one attached hydrogen (secondary N) is 1. The Bertz CT molecular complexity index is 389. The summed E-state index contributed by atoms with van der Waals surface area (Å²) >= 11 is 0. The van der Waals surface area contributed by atoms with Gasteiger partial charge in [0.1, 0.15) is 5.82 Å². The minimum absolute atomic E-state index is 0.0592. The Labute approximate surface area is 94.6 Å². The number of carbonyl (C=O) groups is 1. The van der Waals surface area contributed by atoms with Crippen LogP contribution in [-0.4, -0.2) is 28.4 Å². The van der Waals surface area contributed by atoms with E-state index in [0.29, 0.717) is 17.4 Å². The number of carbonyl (C=O) groups excluding carboxylic acids is 1. The van der Waals surface area contributed by atoms with Crippen molar-refractivity contribution in [2.75, 3.05) is 12.0 Å². The number of rotatable bonds is 4. The Balaban J connectivity index is 2.18. The molecule has 1 fully saturated rings. The summed E-state index contributed by atoms with van der Waals surface area (Å²) in [5.74, 6) is 5.83. The number of pyridine rings is 1. The van der Waals surface area contributed by atoms with E-state index >= 15 is 0 Å². The fourth-order valence-corrected chi connectivity index (χ4v) is 1.76. The van der Waals surface area contributed by atoms with Crippen molar-refractivity contribution in [3.8, 4) is 0 Å². The molecule has 1 aliphatic rings. The van der Waals surface area contributed by atoms with Crippen LogP contribution in [0, 0.1) is 0 Å².